The molecule has 0 radical (unpaired) electrons. The summed E-state index contributed by atoms with van der Waals surface area (Å²) in [6, 6.07) is 3.97. The Morgan fingerprint density at radius 2 is 2.46 bits per heavy atom. The molecule has 0 saturated carbocycles. The molecule has 0 saturated heterocycles. The predicted molar refractivity (Wildman–Crippen MR) is 49.0 cm³/mol. The highest BCUT2D eigenvalue weighted by Crippen LogP contribution is 2.19. The third kappa shape index (κ3) is 1.37. The van der Waals surface area contributed by atoms with Crippen molar-refractivity contribution in [2.45, 2.75) is 13.0 Å². The van der Waals surface area contributed by atoms with Crippen molar-refractivity contribution in [3.63, 3.8) is 0 Å². The molecule has 0 atom stereocenters. The van der Waals surface area contributed by atoms with Crippen molar-refractivity contribution >= 4 is 12.0 Å². The topological polar surface area (TPSA) is 31.2 Å². The van der Waals surface area contributed by atoms with E-state index in [2.05, 4.69) is 9.30 Å². The molecular weight excluding hydrogens is 166 g/mol. The van der Waals surface area contributed by atoms with Gasteiger partial charge in [-0.2, -0.15) is 0 Å². The van der Waals surface area contributed by atoms with Crippen LogP contribution in [-0.4, -0.2) is 17.6 Å². The lowest BCUT2D eigenvalue weighted by Gasteiger charge is -2.14. The second kappa shape index (κ2) is 3.09. The molecule has 3 heteroatoms. The number of aromatic nitrogens is 1. The van der Waals surface area contributed by atoms with Crippen molar-refractivity contribution in [2.24, 2.45) is 0 Å². The molecule has 0 unspecified atom stereocenters. The van der Waals surface area contributed by atoms with Crippen molar-refractivity contribution < 1.29 is 9.53 Å². The number of esters is 1. The zero-order valence-corrected chi connectivity index (χ0v) is 7.49. The highest BCUT2D eigenvalue weighted by molar-refractivity contribution is 5.93. The molecule has 1 aromatic heterocycles. The fourth-order valence-electron chi connectivity index (χ4n) is 1.55. The molecule has 0 aromatic carbocycles. The van der Waals surface area contributed by atoms with Gasteiger partial charge in [0.2, 0.25) is 0 Å². The molecule has 0 fully saturated rings. The summed E-state index contributed by atoms with van der Waals surface area (Å²) >= 11 is 0. The molecule has 0 bridgehead atoms. The summed E-state index contributed by atoms with van der Waals surface area (Å²) < 4.78 is 6.78. The van der Waals surface area contributed by atoms with Gasteiger partial charge in [-0.25, -0.2) is 4.79 Å². The second-order valence-electron chi connectivity index (χ2n) is 3.04. The van der Waals surface area contributed by atoms with E-state index in [4.69, 9.17) is 0 Å². The average molecular weight is 177 g/mol. The molecule has 3 nitrogen and oxygen atoms in total. The SMILES string of the molecule is COC(=O)C1=Cc2cccn2CC1. The first kappa shape index (κ1) is 8.10. The minimum absolute atomic E-state index is 0.215. The van der Waals surface area contributed by atoms with Gasteiger partial charge in [-0.1, -0.05) is 0 Å². The van der Waals surface area contributed by atoms with E-state index in [1.165, 1.54) is 7.11 Å². The number of rotatable bonds is 1. The number of aryl methyl sites for hydroxylation is 1. The largest absolute Gasteiger partial charge is 0.466 e. The van der Waals surface area contributed by atoms with Gasteiger partial charge in [0, 0.05) is 24.0 Å². The summed E-state index contributed by atoms with van der Waals surface area (Å²) in [6.07, 6.45) is 4.66. The summed E-state index contributed by atoms with van der Waals surface area (Å²) in [4.78, 5) is 11.2. The monoisotopic (exact) mass is 177 g/mol. The van der Waals surface area contributed by atoms with Gasteiger partial charge >= 0.3 is 5.97 Å². The summed E-state index contributed by atoms with van der Waals surface area (Å²) in [7, 11) is 1.41. The molecule has 0 aliphatic carbocycles. The van der Waals surface area contributed by atoms with Crippen molar-refractivity contribution in [1.82, 2.24) is 4.57 Å². The molecule has 2 heterocycles. The van der Waals surface area contributed by atoms with Crippen LogP contribution in [0.5, 0.6) is 0 Å². The third-order valence-corrected chi connectivity index (χ3v) is 2.26. The van der Waals surface area contributed by atoms with Gasteiger partial charge in [0.1, 0.15) is 0 Å². The number of fused-ring (bicyclic) bond motifs is 1. The van der Waals surface area contributed by atoms with E-state index in [1.54, 1.807) is 0 Å². The average Bonchev–Trinajstić information content (AvgIpc) is 2.63. The Kier molecular flexibility index (Phi) is 1.93. The highest BCUT2D eigenvalue weighted by Gasteiger charge is 2.15. The Balaban J connectivity index is 2.32. The van der Waals surface area contributed by atoms with Crippen molar-refractivity contribution in [3.05, 3.63) is 29.6 Å². The van der Waals surface area contributed by atoms with Gasteiger partial charge in [0.15, 0.2) is 0 Å². The molecule has 0 amide bonds. The van der Waals surface area contributed by atoms with E-state index in [-0.39, 0.29) is 5.97 Å². The van der Waals surface area contributed by atoms with E-state index in [1.807, 2.05) is 24.4 Å². The lowest BCUT2D eigenvalue weighted by molar-refractivity contribution is -0.136. The van der Waals surface area contributed by atoms with Crippen LogP contribution < -0.4 is 0 Å². The minimum atomic E-state index is -0.215. The number of hydrogen-bond donors (Lipinski definition) is 0. The van der Waals surface area contributed by atoms with Crippen LogP contribution in [0.25, 0.3) is 6.08 Å². The molecule has 0 N–H and O–H groups in total. The number of carbonyl (C=O) groups excluding carboxylic acids is 1. The van der Waals surface area contributed by atoms with Crippen molar-refractivity contribution in [3.8, 4) is 0 Å². The summed E-state index contributed by atoms with van der Waals surface area (Å²) in [5.41, 5.74) is 1.83. The maximum absolute atomic E-state index is 11.2. The molecule has 0 spiro atoms. The van der Waals surface area contributed by atoms with E-state index in [0.29, 0.717) is 0 Å². The lowest BCUT2D eigenvalue weighted by atomic mass is 10.1. The number of ether oxygens (including phenoxy) is 1. The third-order valence-electron chi connectivity index (χ3n) is 2.26. The number of hydrogen-bond acceptors (Lipinski definition) is 2. The molecule has 68 valence electrons. The number of methoxy groups -OCH3 is 1. The minimum Gasteiger partial charge on any atom is -0.466 e. The molecular formula is C10H11NO2. The van der Waals surface area contributed by atoms with Gasteiger partial charge in [-0.05, 0) is 24.6 Å². The Bertz CT molecular complexity index is 363. The fourth-order valence-corrected chi connectivity index (χ4v) is 1.55. The first-order valence-electron chi connectivity index (χ1n) is 4.25. The first-order chi connectivity index (χ1) is 6.31. The maximum Gasteiger partial charge on any atom is 0.333 e. The van der Waals surface area contributed by atoms with E-state index in [9.17, 15) is 4.79 Å². The quantitative estimate of drug-likeness (QED) is 0.608. The van der Waals surface area contributed by atoms with E-state index in [0.717, 1.165) is 24.2 Å². The van der Waals surface area contributed by atoms with Crippen LogP contribution in [0.3, 0.4) is 0 Å². The lowest BCUT2D eigenvalue weighted by Crippen LogP contribution is -2.12. The van der Waals surface area contributed by atoms with Gasteiger partial charge in [-0.3, -0.25) is 0 Å². The zero-order valence-electron chi connectivity index (χ0n) is 7.49. The molecule has 2 rings (SSSR count). The summed E-state index contributed by atoms with van der Waals surface area (Å²) in [6.45, 7) is 0.864. The van der Waals surface area contributed by atoms with E-state index < -0.39 is 0 Å². The Hall–Kier alpha value is -1.51. The maximum atomic E-state index is 11.2. The standard InChI is InChI=1S/C10H11NO2/c1-13-10(12)8-4-6-11-5-2-3-9(11)7-8/h2-3,5,7H,4,6H2,1H3. The van der Waals surface area contributed by atoms with Crippen LogP contribution in [0.15, 0.2) is 23.9 Å². The predicted octanol–water partition coefficient (Wildman–Crippen LogP) is 1.45. The number of carbonyl (C=O) groups is 1. The van der Waals surface area contributed by atoms with Gasteiger partial charge in [-0.15, -0.1) is 0 Å². The Labute approximate surface area is 76.6 Å². The molecule has 1 aromatic rings. The zero-order chi connectivity index (χ0) is 9.26. The van der Waals surface area contributed by atoms with E-state index >= 15 is 0 Å². The fraction of sp³-hybridized carbons (Fsp3) is 0.300. The summed E-state index contributed by atoms with van der Waals surface area (Å²) in [5.74, 6) is -0.215. The summed E-state index contributed by atoms with van der Waals surface area (Å²) in [5, 5.41) is 0. The Morgan fingerprint density at radius 3 is 3.23 bits per heavy atom. The van der Waals surface area contributed by atoms with Crippen molar-refractivity contribution in [1.29, 1.82) is 0 Å². The van der Waals surface area contributed by atoms with Crippen molar-refractivity contribution in [2.75, 3.05) is 7.11 Å². The van der Waals surface area contributed by atoms with Gasteiger partial charge < -0.3 is 9.30 Å². The van der Waals surface area contributed by atoms with Crippen LogP contribution in [0.4, 0.5) is 0 Å². The smallest absolute Gasteiger partial charge is 0.333 e. The molecule has 13 heavy (non-hydrogen) atoms. The van der Waals surface area contributed by atoms with Crippen LogP contribution in [0.1, 0.15) is 12.1 Å². The second-order valence-corrected chi connectivity index (χ2v) is 3.04. The van der Waals surface area contributed by atoms with Crippen LogP contribution in [-0.2, 0) is 16.1 Å². The van der Waals surface area contributed by atoms with Crippen LogP contribution in [0.2, 0.25) is 0 Å². The normalized spacial score (nSPS) is 14.7. The highest BCUT2D eigenvalue weighted by atomic mass is 16.5. The number of nitrogens with zero attached hydrogens (tertiary/aromatic N) is 1. The van der Waals surface area contributed by atoms with Crippen LogP contribution in [0, 0.1) is 0 Å². The first-order valence-corrected chi connectivity index (χ1v) is 4.25. The molecule has 1 aliphatic rings. The van der Waals surface area contributed by atoms with Crippen LogP contribution >= 0.6 is 0 Å². The Morgan fingerprint density at radius 1 is 1.62 bits per heavy atom. The van der Waals surface area contributed by atoms with Gasteiger partial charge in [0.25, 0.3) is 0 Å². The molecule has 1 aliphatic heterocycles. The van der Waals surface area contributed by atoms with Gasteiger partial charge in [0.05, 0.1) is 7.11 Å².